The molecule has 0 heterocycles. The van der Waals surface area contributed by atoms with E-state index in [1.54, 1.807) is 11.9 Å². The fourth-order valence-electron chi connectivity index (χ4n) is 2.35. The van der Waals surface area contributed by atoms with Gasteiger partial charge in [0.15, 0.2) is 0 Å². The Morgan fingerprint density at radius 2 is 2.08 bits per heavy atom. The van der Waals surface area contributed by atoms with Gasteiger partial charge in [-0.3, -0.25) is 4.79 Å². The average molecular weight is 355 g/mol. The van der Waals surface area contributed by atoms with Crippen molar-refractivity contribution in [2.75, 3.05) is 13.7 Å². The standard InChI is InChI=1S/C18H27ClN2O3/c1-5-6-10-16(12-24-14(3)22)21(4)18(23)20-11-15-9-7-8-13(2)17(15)19/h7-9,16H,5-6,10-12H2,1-4H3,(H,20,23). The number of nitrogens with zero attached hydrogens (tertiary/aromatic N) is 1. The molecule has 0 bridgehead atoms. The number of likely N-dealkylation sites (N-methyl/N-ethyl adjacent to an activating group) is 1. The molecular weight excluding hydrogens is 328 g/mol. The number of rotatable bonds is 8. The van der Waals surface area contributed by atoms with Crippen LogP contribution >= 0.6 is 11.6 Å². The van der Waals surface area contributed by atoms with E-state index in [0.29, 0.717) is 11.6 Å². The molecule has 0 aliphatic rings. The molecule has 0 saturated heterocycles. The number of amides is 2. The van der Waals surface area contributed by atoms with E-state index in [4.69, 9.17) is 16.3 Å². The van der Waals surface area contributed by atoms with Crippen LogP contribution in [0.3, 0.4) is 0 Å². The lowest BCUT2D eigenvalue weighted by atomic mass is 10.1. The number of unbranched alkanes of at least 4 members (excludes halogenated alkanes) is 1. The second-order valence-electron chi connectivity index (χ2n) is 5.92. The van der Waals surface area contributed by atoms with Gasteiger partial charge in [-0.25, -0.2) is 4.79 Å². The van der Waals surface area contributed by atoms with Gasteiger partial charge in [-0.1, -0.05) is 49.6 Å². The van der Waals surface area contributed by atoms with Crippen LogP contribution in [0.1, 0.15) is 44.2 Å². The van der Waals surface area contributed by atoms with Crippen molar-refractivity contribution in [3.05, 3.63) is 34.3 Å². The average Bonchev–Trinajstić information content (AvgIpc) is 2.55. The Hall–Kier alpha value is -1.75. The van der Waals surface area contributed by atoms with Crippen LogP contribution in [0.5, 0.6) is 0 Å². The van der Waals surface area contributed by atoms with Gasteiger partial charge in [0.25, 0.3) is 0 Å². The number of ether oxygens (including phenoxy) is 1. The SMILES string of the molecule is CCCCC(COC(C)=O)N(C)C(=O)NCc1cccc(C)c1Cl. The molecule has 0 aliphatic carbocycles. The van der Waals surface area contributed by atoms with Crippen molar-refractivity contribution in [1.29, 1.82) is 0 Å². The van der Waals surface area contributed by atoms with Crippen LogP contribution in [-0.4, -0.2) is 36.6 Å². The number of benzene rings is 1. The van der Waals surface area contributed by atoms with Gasteiger partial charge >= 0.3 is 12.0 Å². The van der Waals surface area contributed by atoms with Crippen molar-refractivity contribution in [2.45, 2.75) is 52.6 Å². The lowest BCUT2D eigenvalue weighted by Crippen LogP contribution is -2.45. The number of urea groups is 1. The summed E-state index contributed by atoms with van der Waals surface area (Å²) in [7, 11) is 1.72. The third-order valence-electron chi connectivity index (χ3n) is 3.94. The number of esters is 1. The number of nitrogens with one attached hydrogen (secondary N) is 1. The van der Waals surface area contributed by atoms with E-state index in [0.717, 1.165) is 30.4 Å². The molecule has 1 atom stereocenters. The molecular formula is C18H27ClN2O3. The minimum Gasteiger partial charge on any atom is -0.464 e. The molecule has 0 aliphatic heterocycles. The van der Waals surface area contributed by atoms with E-state index in [9.17, 15) is 9.59 Å². The number of hydrogen-bond donors (Lipinski definition) is 1. The lowest BCUT2D eigenvalue weighted by Gasteiger charge is -2.28. The van der Waals surface area contributed by atoms with Crippen molar-refractivity contribution >= 4 is 23.6 Å². The van der Waals surface area contributed by atoms with E-state index < -0.39 is 0 Å². The Labute approximate surface area is 149 Å². The van der Waals surface area contributed by atoms with Crippen molar-refractivity contribution in [1.82, 2.24) is 10.2 Å². The molecule has 0 spiro atoms. The van der Waals surface area contributed by atoms with Crippen LogP contribution in [0, 0.1) is 6.92 Å². The van der Waals surface area contributed by atoms with E-state index in [2.05, 4.69) is 12.2 Å². The molecule has 1 unspecified atom stereocenters. The molecule has 24 heavy (non-hydrogen) atoms. The van der Waals surface area contributed by atoms with Crippen molar-refractivity contribution in [3.8, 4) is 0 Å². The number of carbonyl (C=O) groups excluding carboxylic acids is 2. The highest BCUT2D eigenvalue weighted by Crippen LogP contribution is 2.20. The minimum atomic E-state index is -0.336. The summed E-state index contributed by atoms with van der Waals surface area (Å²) in [6.07, 6.45) is 2.77. The summed E-state index contributed by atoms with van der Waals surface area (Å²) >= 11 is 6.25. The number of halogens is 1. The van der Waals surface area contributed by atoms with Crippen LogP contribution in [0.25, 0.3) is 0 Å². The minimum absolute atomic E-state index is 0.137. The maximum absolute atomic E-state index is 12.4. The van der Waals surface area contributed by atoms with Crippen LogP contribution in [0.4, 0.5) is 4.79 Å². The fraction of sp³-hybridized carbons (Fsp3) is 0.556. The fourth-order valence-corrected chi connectivity index (χ4v) is 2.54. The molecule has 1 N–H and O–H groups in total. The maximum atomic E-state index is 12.4. The molecule has 0 saturated carbocycles. The predicted molar refractivity (Wildman–Crippen MR) is 96.1 cm³/mol. The molecule has 0 aromatic heterocycles. The van der Waals surface area contributed by atoms with Crippen molar-refractivity contribution in [2.24, 2.45) is 0 Å². The van der Waals surface area contributed by atoms with Gasteiger partial charge in [-0.15, -0.1) is 0 Å². The molecule has 1 aromatic carbocycles. The molecule has 1 rings (SSSR count). The first-order chi connectivity index (χ1) is 11.4. The van der Waals surface area contributed by atoms with Gasteiger partial charge in [0.05, 0.1) is 6.04 Å². The van der Waals surface area contributed by atoms with Crippen LogP contribution in [0.2, 0.25) is 5.02 Å². The second kappa shape index (κ2) is 10.2. The Morgan fingerprint density at radius 1 is 1.38 bits per heavy atom. The van der Waals surface area contributed by atoms with Gasteiger partial charge < -0.3 is 15.0 Å². The highest BCUT2D eigenvalue weighted by Gasteiger charge is 2.20. The Morgan fingerprint density at radius 3 is 2.71 bits per heavy atom. The van der Waals surface area contributed by atoms with Crippen LogP contribution in [-0.2, 0) is 16.1 Å². The number of hydrogen-bond acceptors (Lipinski definition) is 3. The monoisotopic (exact) mass is 354 g/mol. The Kier molecular flexibility index (Phi) is 8.61. The quantitative estimate of drug-likeness (QED) is 0.720. The van der Waals surface area contributed by atoms with E-state index in [1.165, 1.54) is 6.92 Å². The second-order valence-corrected chi connectivity index (χ2v) is 6.29. The molecule has 0 fully saturated rings. The predicted octanol–water partition coefficient (Wildman–Crippen LogP) is 3.91. The van der Waals surface area contributed by atoms with Crippen molar-refractivity contribution < 1.29 is 14.3 Å². The summed E-state index contributed by atoms with van der Waals surface area (Å²) in [4.78, 5) is 25.0. The summed E-state index contributed by atoms with van der Waals surface area (Å²) in [5, 5.41) is 3.54. The Balaban J connectivity index is 2.64. The summed E-state index contributed by atoms with van der Waals surface area (Å²) in [6.45, 7) is 5.96. The van der Waals surface area contributed by atoms with E-state index >= 15 is 0 Å². The van der Waals surface area contributed by atoms with Crippen molar-refractivity contribution in [3.63, 3.8) is 0 Å². The molecule has 5 nitrogen and oxygen atoms in total. The number of aryl methyl sites for hydroxylation is 1. The zero-order valence-electron chi connectivity index (χ0n) is 14.9. The molecule has 134 valence electrons. The summed E-state index contributed by atoms with van der Waals surface area (Å²) in [5.74, 6) is -0.336. The normalized spacial score (nSPS) is 11.7. The Bertz CT molecular complexity index is 563. The van der Waals surface area contributed by atoms with Gasteiger partial charge in [0.2, 0.25) is 0 Å². The third kappa shape index (κ3) is 6.40. The maximum Gasteiger partial charge on any atom is 0.317 e. The van der Waals surface area contributed by atoms with Gasteiger partial charge in [-0.2, -0.15) is 0 Å². The third-order valence-corrected chi connectivity index (χ3v) is 4.48. The molecule has 0 radical (unpaired) electrons. The smallest absolute Gasteiger partial charge is 0.317 e. The van der Waals surface area contributed by atoms with E-state index in [1.807, 2.05) is 25.1 Å². The molecule has 6 heteroatoms. The highest BCUT2D eigenvalue weighted by molar-refractivity contribution is 6.32. The van der Waals surface area contributed by atoms with Gasteiger partial charge in [-0.05, 0) is 24.5 Å². The van der Waals surface area contributed by atoms with E-state index in [-0.39, 0.29) is 24.6 Å². The summed E-state index contributed by atoms with van der Waals surface area (Å²) in [6, 6.07) is 5.39. The first kappa shape index (κ1) is 20.3. The van der Waals surface area contributed by atoms with Crippen LogP contribution < -0.4 is 5.32 Å². The zero-order valence-corrected chi connectivity index (χ0v) is 15.7. The molecule has 2 amide bonds. The first-order valence-electron chi connectivity index (χ1n) is 8.24. The summed E-state index contributed by atoms with van der Waals surface area (Å²) in [5.41, 5.74) is 1.86. The summed E-state index contributed by atoms with van der Waals surface area (Å²) < 4.78 is 5.09. The van der Waals surface area contributed by atoms with Gasteiger partial charge in [0.1, 0.15) is 6.61 Å². The van der Waals surface area contributed by atoms with Crippen LogP contribution in [0.15, 0.2) is 18.2 Å². The molecule has 1 aromatic rings. The lowest BCUT2D eigenvalue weighted by molar-refractivity contribution is -0.142. The first-order valence-corrected chi connectivity index (χ1v) is 8.62. The number of carbonyl (C=O) groups is 2. The highest BCUT2D eigenvalue weighted by atomic mass is 35.5. The zero-order chi connectivity index (χ0) is 18.1. The largest absolute Gasteiger partial charge is 0.464 e. The van der Waals surface area contributed by atoms with Gasteiger partial charge in [0, 0.05) is 25.5 Å². The topological polar surface area (TPSA) is 58.6 Å².